The third kappa shape index (κ3) is 5.28. The predicted molar refractivity (Wildman–Crippen MR) is 102 cm³/mol. The second kappa shape index (κ2) is 9.14. The second-order valence-electron chi connectivity index (χ2n) is 4.83. The van der Waals surface area contributed by atoms with Gasteiger partial charge in [0.15, 0.2) is 5.96 Å². The van der Waals surface area contributed by atoms with Gasteiger partial charge in [-0.25, -0.2) is 4.98 Å². The van der Waals surface area contributed by atoms with E-state index in [4.69, 9.17) is 4.42 Å². The number of guanidine groups is 1. The molecule has 0 aliphatic carbocycles. The summed E-state index contributed by atoms with van der Waals surface area (Å²) in [7, 11) is 1.76. The SMILES string of the molecule is CCc1nc(CNC(=NC)NC(C)c2ccc(C)o2)cs1.I. The van der Waals surface area contributed by atoms with Crippen LogP contribution in [-0.2, 0) is 13.0 Å². The molecule has 0 aliphatic heterocycles. The summed E-state index contributed by atoms with van der Waals surface area (Å²) in [6.07, 6.45) is 0.979. The molecule has 122 valence electrons. The lowest BCUT2D eigenvalue weighted by molar-refractivity contribution is 0.441. The Kier molecular flexibility index (Phi) is 7.88. The molecule has 7 heteroatoms. The van der Waals surface area contributed by atoms with Crippen molar-refractivity contribution < 1.29 is 4.42 Å². The lowest BCUT2D eigenvalue weighted by Crippen LogP contribution is -2.38. The summed E-state index contributed by atoms with van der Waals surface area (Å²) in [6.45, 7) is 6.77. The number of rotatable bonds is 5. The first kappa shape index (κ1) is 19.0. The summed E-state index contributed by atoms with van der Waals surface area (Å²) in [5, 5.41) is 9.82. The second-order valence-corrected chi connectivity index (χ2v) is 5.77. The molecule has 0 saturated heterocycles. The van der Waals surface area contributed by atoms with Gasteiger partial charge in [0, 0.05) is 12.4 Å². The number of halogens is 1. The van der Waals surface area contributed by atoms with Crippen LogP contribution < -0.4 is 10.6 Å². The van der Waals surface area contributed by atoms with Crippen LogP contribution in [0.4, 0.5) is 0 Å². The van der Waals surface area contributed by atoms with E-state index in [1.807, 2.05) is 26.0 Å². The zero-order valence-corrected chi connectivity index (χ0v) is 16.5. The molecule has 2 N–H and O–H groups in total. The van der Waals surface area contributed by atoms with Crippen LogP contribution in [0.15, 0.2) is 26.9 Å². The highest BCUT2D eigenvalue weighted by Gasteiger charge is 2.11. The van der Waals surface area contributed by atoms with Crippen LogP contribution >= 0.6 is 35.3 Å². The highest BCUT2D eigenvalue weighted by molar-refractivity contribution is 14.0. The van der Waals surface area contributed by atoms with Gasteiger partial charge in [0.05, 0.1) is 23.3 Å². The molecule has 2 heterocycles. The maximum Gasteiger partial charge on any atom is 0.191 e. The molecule has 0 aromatic carbocycles. The van der Waals surface area contributed by atoms with Crippen LogP contribution in [0.25, 0.3) is 0 Å². The highest BCUT2D eigenvalue weighted by atomic mass is 127. The Morgan fingerprint density at radius 1 is 1.45 bits per heavy atom. The summed E-state index contributed by atoms with van der Waals surface area (Å²) >= 11 is 1.70. The van der Waals surface area contributed by atoms with Crippen LogP contribution in [0, 0.1) is 6.92 Å². The van der Waals surface area contributed by atoms with Gasteiger partial charge in [0.25, 0.3) is 0 Å². The Morgan fingerprint density at radius 3 is 2.77 bits per heavy atom. The smallest absolute Gasteiger partial charge is 0.191 e. The van der Waals surface area contributed by atoms with Crippen molar-refractivity contribution in [1.29, 1.82) is 0 Å². The Hall–Kier alpha value is -1.09. The monoisotopic (exact) mass is 434 g/mol. The number of aryl methyl sites for hydroxylation is 2. The van der Waals surface area contributed by atoms with E-state index in [-0.39, 0.29) is 30.0 Å². The normalized spacial score (nSPS) is 12.6. The van der Waals surface area contributed by atoms with E-state index < -0.39 is 0 Å². The summed E-state index contributed by atoms with van der Waals surface area (Å²) < 4.78 is 5.62. The van der Waals surface area contributed by atoms with Crippen LogP contribution in [0.5, 0.6) is 0 Å². The van der Waals surface area contributed by atoms with Gasteiger partial charge in [-0.15, -0.1) is 35.3 Å². The van der Waals surface area contributed by atoms with Gasteiger partial charge in [-0.3, -0.25) is 4.99 Å². The molecule has 0 bridgehead atoms. The van der Waals surface area contributed by atoms with E-state index in [0.29, 0.717) is 6.54 Å². The van der Waals surface area contributed by atoms with E-state index >= 15 is 0 Å². The fraction of sp³-hybridized carbons (Fsp3) is 0.467. The fourth-order valence-electron chi connectivity index (χ4n) is 1.92. The van der Waals surface area contributed by atoms with E-state index in [1.54, 1.807) is 18.4 Å². The lowest BCUT2D eigenvalue weighted by Gasteiger charge is -2.15. The molecule has 0 aliphatic rings. The molecule has 2 rings (SSSR count). The molecule has 0 amide bonds. The number of nitrogens with one attached hydrogen (secondary N) is 2. The first-order chi connectivity index (χ1) is 10.1. The lowest BCUT2D eigenvalue weighted by atomic mass is 10.2. The number of aromatic nitrogens is 1. The molecule has 2 aromatic rings. The zero-order chi connectivity index (χ0) is 15.2. The molecule has 0 fully saturated rings. The van der Waals surface area contributed by atoms with Gasteiger partial charge in [-0.1, -0.05) is 6.92 Å². The number of hydrogen-bond acceptors (Lipinski definition) is 4. The quantitative estimate of drug-likeness (QED) is 0.429. The van der Waals surface area contributed by atoms with Crippen LogP contribution in [0.1, 0.15) is 42.1 Å². The Bertz CT molecular complexity index is 608. The van der Waals surface area contributed by atoms with E-state index in [9.17, 15) is 0 Å². The number of nitrogens with zero attached hydrogens (tertiary/aromatic N) is 2. The zero-order valence-electron chi connectivity index (χ0n) is 13.3. The molecule has 1 unspecified atom stereocenters. The topological polar surface area (TPSA) is 62.5 Å². The van der Waals surface area contributed by atoms with Gasteiger partial charge in [0.1, 0.15) is 11.5 Å². The third-order valence-electron chi connectivity index (χ3n) is 3.10. The summed E-state index contributed by atoms with van der Waals surface area (Å²) in [4.78, 5) is 8.76. The molecule has 0 spiro atoms. The summed E-state index contributed by atoms with van der Waals surface area (Å²) in [5.41, 5.74) is 1.04. The maximum atomic E-state index is 5.62. The van der Waals surface area contributed by atoms with Crippen molar-refractivity contribution in [3.63, 3.8) is 0 Å². The first-order valence-corrected chi connectivity index (χ1v) is 7.97. The molecule has 2 aromatic heterocycles. The van der Waals surface area contributed by atoms with Crippen molar-refractivity contribution in [3.8, 4) is 0 Å². The molecule has 22 heavy (non-hydrogen) atoms. The van der Waals surface area contributed by atoms with Gasteiger partial charge in [-0.2, -0.15) is 0 Å². The molecule has 0 saturated carbocycles. The fourth-order valence-corrected chi connectivity index (χ4v) is 2.67. The largest absolute Gasteiger partial charge is 0.464 e. The van der Waals surface area contributed by atoms with Gasteiger partial charge in [-0.05, 0) is 32.4 Å². The van der Waals surface area contributed by atoms with Crippen molar-refractivity contribution in [2.45, 2.75) is 39.8 Å². The standard InChI is InChI=1S/C15H22N4OS.HI/c1-5-14-19-12(9-21-14)8-17-15(16-4)18-11(3)13-7-6-10(2)20-13;/h6-7,9,11H,5,8H2,1-4H3,(H2,16,17,18);1H. The third-order valence-corrected chi connectivity index (χ3v) is 4.15. The maximum absolute atomic E-state index is 5.62. The van der Waals surface area contributed by atoms with Crippen molar-refractivity contribution >= 4 is 41.3 Å². The van der Waals surface area contributed by atoms with Crippen molar-refractivity contribution in [2.75, 3.05) is 7.05 Å². The number of hydrogen-bond donors (Lipinski definition) is 2. The minimum absolute atomic E-state index is 0. The molecular formula is C15H23IN4OS. The van der Waals surface area contributed by atoms with Crippen LogP contribution in [0.3, 0.4) is 0 Å². The Balaban J connectivity index is 0.00000242. The van der Waals surface area contributed by atoms with E-state index in [1.165, 1.54) is 0 Å². The number of furan rings is 1. The summed E-state index contributed by atoms with van der Waals surface area (Å²) in [5.74, 6) is 2.55. The van der Waals surface area contributed by atoms with Gasteiger partial charge < -0.3 is 15.1 Å². The predicted octanol–water partition coefficient (Wildman–Crippen LogP) is 3.65. The molecular weight excluding hydrogens is 411 g/mol. The molecule has 5 nitrogen and oxygen atoms in total. The number of thiazole rings is 1. The van der Waals surface area contributed by atoms with Crippen molar-refractivity contribution in [3.05, 3.63) is 39.7 Å². The van der Waals surface area contributed by atoms with Crippen LogP contribution in [-0.4, -0.2) is 18.0 Å². The number of aliphatic imine (C=N–C) groups is 1. The Morgan fingerprint density at radius 2 is 2.23 bits per heavy atom. The van der Waals surface area contributed by atoms with Crippen LogP contribution in [0.2, 0.25) is 0 Å². The highest BCUT2D eigenvalue weighted by Crippen LogP contribution is 2.15. The summed E-state index contributed by atoms with van der Waals surface area (Å²) in [6, 6.07) is 4.01. The van der Waals surface area contributed by atoms with Gasteiger partial charge >= 0.3 is 0 Å². The van der Waals surface area contributed by atoms with Gasteiger partial charge in [0.2, 0.25) is 0 Å². The molecule has 1 atom stereocenters. The first-order valence-electron chi connectivity index (χ1n) is 7.09. The van der Waals surface area contributed by atoms with E-state index in [0.717, 1.165) is 34.6 Å². The van der Waals surface area contributed by atoms with Crippen molar-refractivity contribution in [1.82, 2.24) is 15.6 Å². The minimum Gasteiger partial charge on any atom is -0.464 e. The molecule has 0 radical (unpaired) electrons. The Labute approximate surface area is 152 Å². The minimum atomic E-state index is 0. The van der Waals surface area contributed by atoms with Crippen molar-refractivity contribution in [2.24, 2.45) is 4.99 Å². The average Bonchev–Trinajstić information content (AvgIpc) is 3.11. The average molecular weight is 434 g/mol. The van der Waals surface area contributed by atoms with E-state index in [2.05, 4.69) is 32.9 Å².